The second kappa shape index (κ2) is 7.26. The maximum Gasteiger partial charge on any atom is 0.329 e. The van der Waals surface area contributed by atoms with Crippen molar-refractivity contribution in [2.75, 3.05) is 13.4 Å². The van der Waals surface area contributed by atoms with Gasteiger partial charge in [-0.3, -0.25) is 19.3 Å². The van der Waals surface area contributed by atoms with E-state index in [9.17, 15) is 19.2 Å². The molecule has 8 heteroatoms. The molecule has 1 aromatic carbocycles. The Hall–Kier alpha value is -2.90. The highest BCUT2D eigenvalue weighted by Crippen LogP contribution is 2.39. The molecular weight excluding hydrogens is 366 g/mol. The third-order valence-electron chi connectivity index (χ3n) is 5.64. The largest absolute Gasteiger partial charge is 0.456 e. The van der Waals surface area contributed by atoms with E-state index in [4.69, 9.17) is 14.2 Å². The summed E-state index contributed by atoms with van der Waals surface area (Å²) in [5.41, 5.74) is 0.323. The lowest BCUT2D eigenvalue weighted by molar-refractivity contribution is -0.157. The van der Waals surface area contributed by atoms with Crippen LogP contribution in [-0.2, 0) is 19.1 Å². The van der Waals surface area contributed by atoms with Crippen LogP contribution in [0.4, 0.5) is 0 Å². The van der Waals surface area contributed by atoms with E-state index in [1.165, 1.54) is 13.0 Å². The van der Waals surface area contributed by atoms with Gasteiger partial charge in [0.05, 0.1) is 11.8 Å². The Labute approximate surface area is 161 Å². The number of likely N-dealkylation sites (tertiary alicyclic amines) is 1. The summed E-state index contributed by atoms with van der Waals surface area (Å²) in [5.74, 6) is -1.43. The van der Waals surface area contributed by atoms with Crippen LogP contribution < -0.4 is 9.47 Å². The van der Waals surface area contributed by atoms with Crippen molar-refractivity contribution < 1.29 is 33.4 Å². The molecule has 2 amide bonds. The number of carbonyl (C=O) groups excluding carboxylic acids is 4. The standard InChI is InChI=1S/C20H21NO7/c1-11(21-18(23)13-4-2-3-5-14(13)19(21)24)20(25)26-9-15(22)12-6-7-16-17(8-12)28-10-27-16/h6-8,11,13-14H,2-5,9-10H2,1H3/t11-,13+,14+/m0/s1. The number of benzene rings is 1. The molecule has 148 valence electrons. The molecule has 0 spiro atoms. The van der Waals surface area contributed by atoms with E-state index >= 15 is 0 Å². The van der Waals surface area contributed by atoms with Crippen LogP contribution in [-0.4, -0.2) is 47.9 Å². The lowest BCUT2D eigenvalue weighted by Gasteiger charge is -2.21. The minimum absolute atomic E-state index is 0.0966. The minimum Gasteiger partial charge on any atom is -0.456 e. The Morgan fingerprint density at radius 3 is 2.43 bits per heavy atom. The average Bonchev–Trinajstić information content (AvgIpc) is 3.28. The van der Waals surface area contributed by atoms with E-state index in [1.807, 2.05) is 0 Å². The normalized spacial score (nSPS) is 24.1. The van der Waals surface area contributed by atoms with Gasteiger partial charge in [0.1, 0.15) is 6.04 Å². The fourth-order valence-electron chi connectivity index (χ4n) is 4.09. The van der Waals surface area contributed by atoms with E-state index in [1.54, 1.807) is 12.1 Å². The molecule has 1 saturated heterocycles. The molecule has 0 aromatic heterocycles. The first-order chi connectivity index (χ1) is 13.5. The van der Waals surface area contributed by atoms with E-state index in [0.717, 1.165) is 17.7 Å². The van der Waals surface area contributed by atoms with Crippen LogP contribution in [0.2, 0.25) is 0 Å². The topological polar surface area (TPSA) is 99.2 Å². The molecule has 2 fully saturated rings. The Kier molecular flexibility index (Phi) is 4.78. The Morgan fingerprint density at radius 2 is 1.75 bits per heavy atom. The Balaban J connectivity index is 1.37. The molecule has 1 saturated carbocycles. The van der Waals surface area contributed by atoms with Gasteiger partial charge in [0.15, 0.2) is 23.9 Å². The molecule has 1 aliphatic carbocycles. The van der Waals surface area contributed by atoms with Gasteiger partial charge in [-0.05, 0) is 38.0 Å². The van der Waals surface area contributed by atoms with Crippen LogP contribution in [0.5, 0.6) is 11.5 Å². The zero-order valence-corrected chi connectivity index (χ0v) is 15.5. The van der Waals surface area contributed by atoms with Crippen molar-refractivity contribution in [2.24, 2.45) is 11.8 Å². The molecule has 3 atom stereocenters. The van der Waals surface area contributed by atoms with Crippen molar-refractivity contribution in [1.82, 2.24) is 4.90 Å². The smallest absolute Gasteiger partial charge is 0.329 e. The second-order valence-corrected chi connectivity index (χ2v) is 7.32. The highest BCUT2D eigenvalue weighted by molar-refractivity contribution is 6.08. The lowest BCUT2D eigenvalue weighted by atomic mass is 9.81. The first-order valence-corrected chi connectivity index (χ1v) is 9.44. The minimum atomic E-state index is -1.05. The number of imide groups is 1. The number of nitrogens with zero attached hydrogens (tertiary/aromatic N) is 1. The quantitative estimate of drug-likeness (QED) is 0.431. The number of Topliss-reactive ketones (excluding diaryl/α,β-unsaturated/α-hetero) is 1. The third-order valence-corrected chi connectivity index (χ3v) is 5.64. The van der Waals surface area contributed by atoms with E-state index < -0.39 is 24.4 Å². The fraction of sp³-hybridized carbons (Fsp3) is 0.500. The molecule has 0 N–H and O–H groups in total. The average molecular weight is 387 g/mol. The lowest BCUT2D eigenvalue weighted by Crippen LogP contribution is -2.44. The van der Waals surface area contributed by atoms with Gasteiger partial charge in [0.25, 0.3) is 0 Å². The van der Waals surface area contributed by atoms with Crippen LogP contribution in [0.1, 0.15) is 43.0 Å². The van der Waals surface area contributed by atoms with Gasteiger partial charge >= 0.3 is 5.97 Å². The molecule has 0 radical (unpaired) electrons. The predicted octanol–water partition coefficient (Wildman–Crippen LogP) is 1.70. The van der Waals surface area contributed by atoms with Gasteiger partial charge in [-0.25, -0.2) is 4.79 Å². The molecule has 1 aromatic rings. The van der Waals surface area contributed by atoms with E-state index in [-0.39, 0.29) is 30.4 Å². The molecule has 4 rings (SSSR count). The van der Waals surface area contributed by atoms with Crippen molar-refractivity contribution in [3.63, 3.8) is 0 Å². The second-order valence-electron chi connectivity index (χ2n) is 7.32. The number of ketones is 1. The zero-order chi connectivity index (χ0) is 19.8. The molecule has 3 aliphatic rings. The number of carbonyl (C=O) groups is 4. The monoisotopic (exact) mass is 387 g/mol. The van der Waals surface area contributed by atoms with Gasteiger partial charge < -0.3 is 14.2 Å². The van der Waals surface area contributed by atoms with Crippen LogP contribution in [0.15, 0.2) is 18.2 Å². The summed E-state index contributed by atoms with van der Waals surface area (Å²) < 4.78 is 15.5. The number of fused-ring (bicyclic) bond motifs is 2. The highest BCUT2D eigenvalue weighted by Gasteiger charge is 2.51. The molecule has 28 heavy (non-hydrogen) atoms. The van der Waals surface area contributed by atoms with Gasteiger partial charge in [-0.1, -0.05) is 12.8 Å². The summed E-state index contributed by atoms with van der Waals surface area (Å²) in [6, 6.07) is 3.66. The number of amides is 2. The molecule has 8 nitrogen and oxygen atoms in total. The number of hydrogen-bond donors (Lipinski definition) is 0. The van der Waals surface area contributed by atoms with Crippen molar-refractivity contribution in [3.8, 4) is 11.5 Å². The third kappa shape index (κ3) is 3.12. The van der Waals surface area contributed by atoms with Crippen LogP contribution >= 0.6 is 0 Å². The van der Waals surface area contributed by atoms with E-state index in [0.29, 0.717) is 29.9 Å². The first kappa shape index (κ1) is 18.5. The van der Waals surface area contributed by atoms with E-state index in [2.05, 4.69) is 0 Å². The number of ether oxygens (including phenoxy) is 3. The molecule has 0 unspecified atom stereocenters. The number of hydrogen-bond acceptors (Lipinski definition) is 7. The SMILES string of the molecule is C[C@@H](C(=O)OCC(=O)c1ccc2c(c1)OCO2)N1C(=O)[C@@H]2CCCC[C@H]2C1=O. The maximum absolute atomic E-state index is 12.6. The fourth-order valence-corrected chi connectivity index (χ4v) is 4.09. The molecule has 2 aliphatic heterocycles. The van der Waals surface area contributed by atoms with Crippen LogP contribution in [0, 0.1) is 11.8 Å². The number of rotatable bonds is 5. The molecule has 0 bridgehead atoms. The summed E-state index contributed by atoms with van der Waals surface area (Å²) in [4.78, 5) is 50.8. The summed E-state index contributed by atoms with van der Waals surface area (Å²) in [6.07, 6.45) is 3.18. The Morgan fingerprint density at radius 1 is 1.11 bits per heavy atom. The summed E-state index contributed by atoms with van der Waals surface area (Å²) >= 11 is 0. The summed E-state index contributed by atoms with van der Waals surface area (Å²) in [5, 5.41) is 0. The van der Waals surface area contributed by atoms with Crippen molar-refractivity contribution in [1.29, 1.82) is 0 Å². The molecule has 2 heterocycles. The van der Waals surface area contributed by atoms with Gasteiger partial charge in [0, 0.05) is 5.56 Å². The highest BCUT2D eigenvalue weighted by atomic mass is 16.7. The molecular formula is C20H21NO7. The van der Waals surface area contributed by atoms with Gasteiger partial charge in [0.2, 0.25) is 18.6 Å². The van der Waals surface area contributed by atoms with Crippen LogP contribution in [0.3, 0.4) is 0 Å². The Bertz CT molecular complexity index is 825. The zero-order valence-electron chi connectivity index (χ0n) is 15.5. The van der Waals surface area contributed by atoms with Crippen molar-refractivity contribution >= 4 is 23.6 Å². The van der Waals surface area contributed by atoms with Gasteiger partial charge in [-0.15, -0.1) is 0 Å². The predicted molar refractivity (Wildman–Crippen MR) is 94.6 cm³/mol. The van der Waals surface area contributed by atoms with Gasteiger partial charge in [-0.2, -0.15) is 0 Å². The number of esters is 1. The van der Waals surface area contributed by atoms with Crippen molar-refractivity contribution in [2.45, 2.75) is 38.6 Å². The van der Waals surface area contributed by atoms with Crippen LogP contribution in [0.25, 0.3) is 0 Å². The summed E-state index contributed by atoms with van der Waals surface area (Å²) in [6.45, 7) is 1.08. The maximum atomic E-state index is 12.6. The first-order valence-electron chi connectivity index (χ1n) is 9.44. The summed E-state index contributed by atoms with van der Waals surface area (Å²) in [7, 11) is 0. The van der Waals surface area contributed by atoms with Crippen molar-refractivity contribution in [3.05, 3.63) is 23.8 Å².